The van der Waals surface area contributed by atoms with Crippen LogP contribution in [0.3, 0.4) is 0 Å². The van der Waals surface area contributed by atoms with Gasteiger partial charge in [0.15, 0.2) is 0 Å². The topological polar surface area (TPSA) is 75.3 Å². The van der Waals surface area contributed by atoms with E-state index in [2.05, 4.69) is 10.0 Å². The Morgan fingerprint density at radius 2 is 1.65 bits per heavy atom. The van der Waals surface area contributed by atoms with Crippen molar-refractivity contribution in [3.05, 3.63) is 65.7 Å². The quantitative estimate of drug-likeness (QED) is 0.817. The number of rotatable bonds is 7. The molecule has 6 heteroatoms. The minimum Gasteiger partial charge on any atom is -0.352 e. The molecule has 2 aromatic rings. The Labute approximate surface area is 136 Å². The standard InChI is InChI=1S/C17H20N2O3S/c1-2-23(21,22)19-16-10-8-15(9-11-16)17(20)18-13-12-14-6-4-3-5-7-14/h3-11,19H,2,12-13H2,1H3,(H,18,20). The van der Waals surface area contributed by atoms with Gasteiger partial charge in [-0.25, -0.2) is 8.42 Å². The number of anilines is 1. The van der Waals surface area contributed by atoms with E-state index in [1.54, 1.807) is 31.2 Å². The Morgan fingerprint density at radius 1 is 1.00 bits per heavy atom. The highest BCUT2D eigenvalue weighted by Gasteiger charge is 2.08. The van der Waals surface area contributed by atoms with E-state index in [1.807, 2.05) is 30.3 Å². The van der Waals surface area contributed by atoms with Crippen LogP contribution in [-0.2, 0) is 16.4 Å². The molecule has 0 heterocycles. The summed E-state index contributed by atoms with van der Waals surface area (Å²) >= 11 is 0. The van der Waals surface area contributed by atoms with Crippen molar-refractivity contribution in [3.8, 4) is 0 Å². The van der Waals surface area contributed by atoms with Crippen LogP contribution in [-0.4, -0.2) is 26.6 Å². The van der Waals surface area contributed by atoms with Crippen LogP contribution in [0.15, 0.2) is 54.6 Å². The van der Waals surface area contributed by atoms with E-state index in [1.165, 1.54) is 0 Å². The highest BCUT2D eigenvalue weighted by Crippen LogP contribution is 2.11. The summed E-state index contributed by atoms with van der Waals surface area (Å²) in [7, 11) is -3.30. The predicted octanol–water partition coefficient (Wildman–Crippen LogP) is 2.42. The van der Waals surface area contributed by atoms with Gasteiger partial charge in [0.2, 0.25) is 10.0 Å². The number of benzene rings is 2. The molecule has 0 bridgehead atoms. The molecule has 0 aromatic heterocycles. The number of carbonyl (C=O) groups excluding carboxylic acids is 1. The van der Waals surface area contributed by atoms with Crippen LogP contribution in [0.5, 0.6) is 0 Å². The molecule has 5 nitrogen and oxygen atoms in total. The summed E-state index contributed by atoms with van der Waals surface area (Å²) in [6.07, 6.45) is 0.765. The van der Waals surface area contributed by atoms with Gasteiger partial charge in [0, 0.05) is 17.8 Å². The zero-order valence-electron chi connectivity index (χ0n) is 13.0. The molecule has 2 rings (SSSR count). The molecule has 0 spiro atoms. The third kappa shape index (κ3) is 5.41. The van der Waals surface area contributed by atoms with E-state index in [4.69, 9.17) is 0 Å². The monoisotopic (exact) mass is 332 g/mol. The maximum atomic E-state index is 12.0. The molecule has 0 unspecified atom stereocenters. The van der Waals surface area contributed by atoms with Crippen LogP contribution in [0.4, 0.5) is 5.69 Å². The molecular formula is C17H20N2O3S. The zero-order valence-corrected chi connectivity index (χ0v) is 13.8. The van der Waals surface area contributed by atoms with E-state index in [-0.39, 0.29) is 11.7 Å². The molecule has 0 aliphatic rings. The van der Waals surface area contributed by atoms with Gasteiger partial charge >= 0.3 is 0 Å². The first-order valence-electron chi connectivity index (χ1n) is 7.43. The molecule has 0 saturated carbocycles. The van der Waals surface area contributed by atoms with Crippen molar-refractivity contribution in [2.75, 3.05) is 17.0 Å². The van der Waals surface area contributed by atoms with Gasteiger partial charge in [0.05, 0.1) is 5.75 Å². The largest absolute Gasteiger partial charge is 0.352 e. The SMILES string of the molecule is CCS(=O)(=O)Nc1ccc(C(=O)NCCc2ccccc2)cc1. The van der Waals surface area contributed by atoms with Gasteiger partial charge in [-0.1, -0.05) is 30.3 Å². The Hall–Kier alpha value is -2.34. The molecule has 1 amide bonds. The Kier molecular flexibility index (Phi) is 5.76. The van der Waals surface area contributed by atoms with E-state index in [0.717, 1.165) is 12.0 Å². The molecular weight excluding hydrogens is 312 g/mol. The highest BCUT2D eigenvalue weighted by atomic mass is 32.2. The van der Waals surface area contributed by atoms with Gasteiger partial charge in [-0.05, 0) is 43.2 Å². The maximum Gasteiger partial charge on any atom is 0.251 e. The van der Waals surface area contributed by atoms with Gasteiger partial charge in [0.25, 0.3) is 5.91 Å². The van der Waals surface area contributed by atoms with Crippen molar-refractivity contribution >= 4 is 21.6 Å². The van der Waals surface area contributed by atoms with E-state index in [9.17, 15) is 13.2 Å². The number of amides is 1. The predicted molar refractivity (Wildman–Crippen MR) is 92.0 cm³/mol. The Bertz CT molecular complexity index is 741. The van der Waals surface area contributed by atoms with Crippen molar-refractivity contribution in [1.29, 1.82) is 0 Å². The zero-order chi connectivity index (χ0) is 16.7. The molecule has 0 aliphatic heterocycles. The van der Waals surface area contributed by atoms with E-state index < -0.39 is 10.0 Å². The van der Waals surface area contributed by atoms with Crippen LogP contribution in [0.2, 0.25) is 0 Å². The summed E-state index contributed by atoms with van der Waals surface area (Å²) in [6, 6.07) is 16.3. The van der Waals surface area contributed by atoms with Crippen LogP contribution < -0.4 is 10.0 Å². The molecule has 0 fully saturated rings. The Morgan fingerprint density at radius 3 is 2.26 bits per heavy atom. The highest BCUT2D eigenvalue weighted by molar-refractivity contribution is 7.92. The molecule has 0 radical (unpaired) electrons. The number of nitrogens with one attached hydrogen (secondary N) is 2. The lowest BCUT2D eigenvalue weighted by molar-refractivity contribution is 0.0954. The molecule has 0 saturated heterocycles. The van der Waals surface area contributed by atoms with Gasteiger partial charge in [0.1, 0.15) is 0 Å². The first-order chi connectivity index (χ1) is 11.0. The van der Waals surface area contributed by atoms with Crippen molar-refractivity contribution in [3.63, 3.8) is 0 Å². The fourth-order valence-corrected chi connectivity index (χ4v) is 2.65. The second-order valence-corrected chi connectivity index (χ2v) is 7.09. The maximum absolute atomic E-state index is 12.0. The van der Waals surface area contributed by atoms with Crippen LogP contribution >= 0.6 is 0 Å². The minimum absolute atomic E-state index is 0.00865. The first-order valence-corrected chi connectivity index (χ1v) is 9.08. The lowest BCUT2D eigenvalue weighted by Gasteiger charge is -2.08. The second kappa shape index (κ2) is 7.78. The summed E-state index contributed by atoms with van der Waals surface area (Å²) in [5, 5.41) is 2.85. The van der Waals surface area contributed by atoms with Crippen LogP contribution in [0.1, 0.15) is 22.8 Å². The van der Waals surface area contributed by atoms with Crippen molar-refractivity contribution in [1.82, 2.24) is 5.32 Å². The lowest BCUT2D eigenvalue weighted by atomic mass is 10.1. The summed E-state index contributed by atoms with van der Waals surface area (Å²) in [5.74, 6) is -0.167. The average Bonchev–Trinajstić information content (AvgIpc) is 2.56. The molecule has 0 aliphatic carbocycles. The third-order valence-corrected chi connectivity index (χ3v) is 4.65. The van der Waals surface area contributed by atoms with Crippen molar-refractivity contribution < 1.29 is 13.2 Å². The normalized spacial score (nSPS) is 11.0. The molecule has 0 atom stereocenters. The Balaban J connectivity index is 1.88. The number of hydrogen-bond donors (Lipinski definition) is 2. The van der Waals surface area contributed by atoms with Gasteiger partial charge in [-0.15, -0.1) is 0 Å². The van der Waals surface area contributed by atoms with Crippen molar-refractivity contribution in [2.24, 2.45) is 0 Å². The number of hydrogen-bond acceptors (Lipinski definition) is 3. The number of sulfonamides is 1. The lowest BCUT2D eigenvalue weighted by Crippen LogP contribution is -2.25. The molecule has 2 aromatic carbocycles. The fourth-order valence-electron chi connectivity index (χ4n) is 2.01. The minimum atomic E-state index is -3.30. The summed E-state index contributed by atoms with van der Waals surface area (Å²) in [6.45, 7) is 2.12. The third-order valence-electron chi connectivity index (χ3n) is 3.34. The summed E-state index contributed by atoms with van der Waals surface area (Å²) in [4.78, 5) is 12.0. The number of carbonyl (C=O) groups is 1. The smallest absolute Gasteiger partial charge is 0.251 e. The van der Waals surface area contributed by atoms with Crippen LogP contribution in [0.25, 0.3) is 0 Å². The van der Waals surface area contributed by atoms with Crippen molar-refractivity contribution in [2.45, 2.75) is 13.3 Å². The van der Waals surface area contributed by atoms with Gasteiger partial charge < -0.3 is 5.32 Å². The van der Waals surface area contributed by atoms with Crippen LogP contribution in [0, 0.1) is 0 Å². The van der Waals surface area contributed by atoms with Gasteiger partial charge in [-0.3, -0.25) is 9.52 Å². The average molecular weight is 332 g/mol. The first kappa shape index (κ1) is 17.0. The van der Waals surface area contributed by atoms with E-state index in [0.29, 0.717) is 17.8 Å². The summed E-state index contributed by atoms with van der Waals surface area (Å²) < 4.78 is 25.4. The molecule has 2 N–H and O–H groups in total. The molecule has 122 valence electrons. The summed E-state index contributed by atoms with van der Waals surface area (Å²) in [5.41, 5.74) is 2.11. The van der Waals surface area contributed by atoms with E-state index >= 15 is 0 Å². The van der Waals surface area contributed by atoms with Gasteiger partial charge in [-0.2, -0.15) is 0 Å². The molecule has 23 heavy (non-hydrogen) atoms. The second-order valence-electron chi connectivity index (χ2n) is 5.07. The fraction of sp³-hybridized carbons (Fsp3) is 0.235.